The molecule has 54 valence electrons. The van der Waals surface area contributed by atoms with Gasteiger partial charge in [-0.1, -0.05) is 32.6 Å². The van der Waals surface area contributed by atoms with Crippen molar-refractivity contribution in [2.24, 2.45) is 0 Å². The highest BCUT2D eigenvalue weighted by Gasteiger charge is 2.15. The molecule has 0 nitrogen and oxygen atoms in total. The van der Waals surface area contributed by atoms with E-state index in [0.29, 0.717) is 0 Å². The second-order valence-corrected chi connectivity index (χ2v) is 4.48. The molecule has 0 N–H and O–H groups in total. The second kappa shape index (κ2) is 3.98. The van der Waals surface area contributed by atoms with Gasteiger partial charge in [0.1, 0.15) is 7.85 Å². The minimum atomic E-state index is 0.147. The topological polar surface area (TPSA) is 0 Å². The molecule has 0 saturated carbocycles. The van der Waals surface area contributed by atoms with Gasteiger partial charge in [0.05, 0.1) is 0 Å². The van der Waals surface area contributed by atoms with Crippen molar-refractivity contribution in [2.75, 3.05) is 6.66 Å². The normalized spacial score (nSPS) is 14.5. The lowest BCUT2D eigenvalue weighted by molar-refractivity contribution is 0.873. The Bertz CT molecular complexity index is 147. The third-order valence-corrected chi connectivity index (χ3v) is 3.18. The molecule has 0 aromatic heterocycles. The van der Waals surface area contributed by atoms with Crippen molar-refractivity contribution in [1.82, 2.24) is 0 Å². The molecular weight excluding hydrogens is 138 g/mol. The minimum Gasteiger partial charge on any atom is -0.116 e. The average molecular weight is 152 g/mol. The molecule has 0 aliphatic carbocycles. The van der Waals surface area contributed by atoms with Crippen molar-refractivity contribution in [3.8, 4) is 0 Å². The molecule has 10 heavy (non-hydrogen) atoms. The van der Waals surface area contributed by atoms with Gasteiger partial charge >= 0.3 is 0 Å². The first kappa shape index (κ1) is 9.97. The molecule has 2 radical (unpaired) electrons. The lowest BCUT2D eigenvalue weighted by Crippen LogP contribution is -2.15. The average Bonchev–Trinajstić information content (AvgIpc) is 1.89. The molecule has 2 heteroatoms. The van der Waals surface area contributed by atoms with Crippen LogP contribution in [-0.4, -0.2) is 19.7 Å². The number of hydrogen-bond donors (Lipinski definition) is 0. The summed E-state index contributed by atoms with van der Waals surface area (Å²) in [6.45, 7) is 10.0. The Morgan fingerprint density at radius 2 is 2.10 bits per heavy atom. The third kappa shape index (κ3) is 2.71. The standard InChI is InChI=1S/C8H14BP/c1-5-6-7(9)8(2,3)10-4/h5-6,10H,1H2,2-4H3/b7-6+. The summed E-state index contributed by atoms with van der Waals surface area (Å²) in [6, 6.07) is 0. The van der Waals surface area contributed by atoms with Gasteiger partial charge < -0.3 is 0 Å². The van der Waals surface area contributed by atoms with E-state index in [1.807, 2.05) is 6.08 Å². The molecule has 0 aromatic carbocycles. The van der Waals surface area contributed by atoms with Gasteiger partial charge in [-0.3, -0.25) is 0 Å². The molecule has 0 aromatic rings. The molecule has 0 heterocycles. The quantitative estimate of drug-likeness (QED) is 0.330. The van der Waals surface area contributed by atoms with Gasteiger partial charge in [-0.25, -0.2) is 0 Å². The molecule has 0 spiro atoms. The van der Waals surface area contributed by atoms with E-state index in [1.165, 1.54) is 0 Å². The maximum atomic E-state index is 5.77. The molecule has 0 fully saturated rings. The Labute approximate surface area is 67.0 Å². The number of allylic oxidation sites excluding steroid dienone is 3. The second-order valence-electron chi connectivity index (χ2n) is 2.73. The monoisotopic (exact) mass is 152 g/mol. The minimum absolute atomic E-state index is 0.147. The van der Waals surface area contributed by atoms with Crippen LogP contribution in [0.25, 0.3) is 0 Å². The Morgan fingerprint density at radius 3 is 2.40 bits per heavy atom. The zero-order valence-corrected chi connectivity index (χ0v) is 7.94. The zero-order valence-electron chi connectivity index (χ0n) is 6.94. The van der Waals surface area contributed by atoms with Crippen LogP contribution in [0.4, 0.5) is 0 Å². The van der Waals surface area contributed by atoms with Gasteiger partial charge in [0, 0.05) is 0 Å². The highest BCUT2D eigenvalue weighted by molar-refractivity contribution is 7.39. The molecule has 0 amide bonds. The smallest absolute Gasteiger partial charge is 0.109 e. The maximum absolute atomic E-state index is 5.77. The van der Waals surface area contributed by atoms with Gasteiger partial charge in [0.15, 0.2) is 0 Å². The Hall–Kier alpha value is -0.0251. The van der Waals surface area contributed by atoms with Crippen LogP contribution < -0.4 is 0 Å². The molecule has 0 aliphatic heterocycles. The van der Waals surface area contributed by atoms with Crippen molar-refractivity contribution in [2.45, 2.75) is 19.0 Å². The highest BCUT2D eigenvalue weighted by atomic mass is 31.1. The first-order valence-electron chi connectivity index (χ1n) is 3.32. The van der Waals surface area contributed by atoms with Crippen molar-refractivity contribution >= 4 is 16.4 Å². The van der Waals surface area contributed by atoms with Crippen LogP contribution in [0.3, 0.4) is 0 Å². The lowest BCUT2D eigenvalue weighted by atomic mass is 9.84. The Kier molecular flexibility index (Phi) is 3.97. The van der Waals surface area contributed by atoms with E-state index in [9.17, 15) is 0 Å². The van der Waals surface area contributed by atoms with E-state index in [-0.39, 0.29) is 5.16 Å². The van der Waals surface area contributed by atoms with Crippen LogP contribution in [-0.2, 0) is 0 Å². The van der Waals surface area contributed by atoms with E-state index in [1.54, 1.807) is 6.08 Å². The van der Waals surface area contributed by atoms with Gasteiger partial charge in [0.2, 0.25) is 0 Å². The van der Waals surface area contributed by atoms with Gasteiger partial charge in [-0.05, 0) is 11.8 Å². The molecule has 0 saturated heterocycles. The Balaban J connectivity index is 4.31. The summed E-state index contributed by atoms with van der Waals surface area (Å²) in [5.74, 6) is 0. The van der Waals surface area contributed by atoms with E-state index in [0.717, 1.165) is 14.1 Å². The van der Waals surface area contributed by atoms with Crippen LogP contribution in [0.5, 0.6) is 0 Å². The van der Waals surface area contributed by atoms with Crippen molar-refractivity contribution < 1.29 is 0 Å². The number of hydrogen-bond acceptors (Lipinski definition) is 0. The zero-order chi connectivity index (χ0) is 8.20. The largest absolute Gasteiger partial charge is 0.116 e. The molecular formula is C8H14BP. The summed E-state index contributed by atoms with van der Waals surface area (Å²) in [6.07, 6.45) is 3.60. The van der Waals surface area contributed by atoms with Gasteiger partial charge in [-0.15, -0.1) is 14.1 Å². The van der Waals surface area contributed by atoms with Crippen LogP contribution in [0.2, 0.25) is 0 Å². The molecule has 0 aliphatic rings. The third-order valence-electron chi connectivity index (χ3n) is 1.64. The maximum Gasteiger partial charge on any atom is 0.109 e. The van der Waals surface area contributed by atoms with Crippen LogP contribution in [0.1, 0.15) is 13.8 Å². The molecule has 1 atom stereocenters. The summed E-state index contributed by atoms with van der Waals surface area (Å²) < 4.78 is 0. The highest BCUT2D eigenvalue weighted by Crippen LogP contribution is 2.33. The lowest BCUT2D eigenvalue weighted by Gasteiger charge is -2.24. The predicted molar refractivity (Wildman–Crippen MR) is 52.4 cm³/mol. The van der Waals surface area contributed by atoms with Crippen molar-refractivity contribution in [3.63, 3.8) is 0 Å². The van der Waals surface area contributed by atoms with Crippen molar-refractivity contribution in [3.05, 3.63) is 24.2 Å². The van der Waals surface area contributed by atoms with Crippen molar-refractivity contribution in [1.29, 1.82) is 0 Å². The van der Waals surface area contributed by atoms with E-state index in [4.69, 9.17) is 7.85 Å². The fourth-order valence-corrected chi connectivity index (χ4v) is 0.852. The van der Waals surface area contributed by atoms with Crippen LogP contribution >= 0.6 is 8.58 Å². The fourth-order valence-electron chi connectivity index (χ4n) is 0.480. The summed E-state index contributed by atoms with van der Waals surface area (Å²) in [7, 11) is 6.60. The molecule has 0 bridgehead atoms. The summed E-state index contributed by atoms with van der Waals surface area (Å²) >= 11 is 0. The van der Waals surface area contributed by atoms with Gasteiger partial charge in [0.25, 0.3) is 0 Å². The van der Waals surface area contributed by atoms with E-state index >= 15 is 0 Å². The molecule has 0 rings (SSSR count). The van der Waals surface area contributed by atoms with Gasteiger partial charge in [-0.2, -0.15) is 0 Å². The fraction of sp³-hybridized carbons (Fsp3) is 0.500. The number of rotatable bonds is 3. The molecule has 1 unspecified atom stereocenters. The Morgan fingerprint density at radius 1 is 1.60 bits per heavy atom. The summed E-state index contributed by atoms with van der Waals surface area (Å²) in [5, 5.41) is 0.147. The summed E-state index contributed by atoms with van der Waals surface area (Å²) in [5.41, 5.74) is 0.920. The van der Waals surface area contributed by atoms with Crippen LogP contribution in [0, 0.1) is 0 Å². The summed E-state index contributed by atoms with van der Waals surface area (Å²) in [4.78, 5) is 0. The predicted octanol–water partition coefficient (Wildman–Crippen LogP) is 2.31. The first-order chi connectivity index (χ1) is 4.54. The van der Waals surface area contributed by atoms with E-state index < -0.39 is 0 Å². The van der Waals surface area contributed by atoms with E-state index in [2.05, 4.69) is 27.1 Å². The van der Waals surface area contributed by atoms with Crippen LogP contribution in [0.15, 0.2) is 24.2 Å². The first-order valence-corrected chi connectivity index (χ1v) is 4.82. The SMILES string of the molecule is [B]/C(=C/C=C)C(C)(C)PC.